The van der Waals surface area contributed by atoms with Gasteiger partial charge in [-0.05, 0) is 42.2 Å². The number of benzene rings is 2. The standard InChI is InChI=1S/C25H33N3O4/c1-27-10-4-5-18-15-19(6-9-22(18)27)23(28-11-13-32-14-12-28)17-26-25(29)21-8-7-20(30-2)16-24(21)31-3/h6-9,15-16,23H,4-5,10-14,17H2,1-3H3,(H,26,29)/t23-/m1/s1. The molecule has 1 N–H and O–H groups in total. The van der Waals surface area contributed by atoms with Gasteiger partial charge in [0.05, 0.1) is 39.0 Å². The first-order chi connectivity index (χ1) is 15.6. The summed E-state index contributed by atoms with van der Waals surface area (Å²) >= 11 is 0. The van der Waals surface area contributed by atoms with Gasteiger partial charge in [-0.25, -0.2) is 0 Å². The predicted molar refractivity (Wildman–Crippen MR) is 125 cm³/mol. The molecule has 1 amide bonds. The third kappa shape index (κ3) is 4.84. The zero-order valence-corrected chi connectivity index (χ0v) is 19.2. The number of nitrogens with zero attached hydrogens (tertiary/aromatic N) is 2. The zero-order valence-electron chi connectivity index (χ0n) is 19.2. The Balaban J connectivity index is 1.55. The van der Waals surface area contributed by atoms with Crippen molar-refractivity contribution in [2.24, 2.45) is 0 Å². The fourth-order valence-corrected chi connectivity index (χ4v) is 4.63. The quantitative estimate of drug-likeness (QED) is 0.716. The summed E-state index contributed by atoms with van der Waals surface area (Å²) in [5, 5.41) is 3.14. The van der Waals surface area contributed by atoms with Gasteiger partial charge in [0.2, 0.25) is 0 Å². The van der Waals surface area contributed by atoms with Crippen LogP contribution in [0.4, 0.5) is 5.69 Å². The molecule has 1 saturated heterocycles. The van der Waals surface area contributed by atoms with E-state index in [9.17, 15) is 4.79 Å². The highest BCUT2D eigenvalue weighted by molar-refractivity contribution is 5.97. The van der Waals surface area contributed by atoms with Crippen LogP contribution >= 0.6 is 0 Å². The minimum absolute atomic E-state index is 0.0876. The van der Waals surface area contributed by atoms with Crippen molar-refractivity contribution in [3.8, 4) is 11.5 Å². The molecular weight excluding hydrogens is 406 g/mol. The van der Waals surface area contributed by atoms with E-state index in [0.29, 0.717) is 36.8 Å². The number of anilines is 1. The lowest BCUT2D eigenvalue weighted by Crippen LogP contribution is -2.44. The molecule has 7 heteroatoms. The maximum absolute atomic E-state index is 13.0. The molecule has 7 nitrogen and oxygen atoms in total. The van der Waals surface area contributed by atoms with Crippen molar-refractivity contribution in [1.29, 1.82) is 0 Å². The third-order valence-electron chi connectivity index (χ3n) is 6.43. The third-order valence-corrected chi connectivity index (χ3v) is 6.43. The molecular formula is C25H33N3O4. The van der Waals surface area contributed by atoms with Gasteiger partial charge in [0, 0.05) is 45.0 Å². The number of morpholine rings is 1. The van der Waals surface area contributed by atoms with Crippen LogP contribution in [0, 0.1) is 0 Å². The number of nitrogens with one attached hydrogen (secondary N) is 1. The Kier molecular flexibility index (Phi) is 7.17. The lowest BCUT2D eigenvalue weighted by atomic mass is 9.95. The molecule has 2 aliphatic rings. The fraction of sp³-hybridized carbons (Fsp3) is 0.480. The van der Waals surface area contributed by atoms with Crippen LogP contribution in [0.15, 0.2) is 36.4 Å². The van der Waals surface area contributed by atoms with Crippen LogP contribution in [0.5, 0.6) is 11.5 Å². The first-order valence-electron chi connectivity index (χ1n) is 11.3. The zero-order chi connectivity index (χ0) is 22.5. The molecule has 0 aromatic heterocycles. The highest BCUT2D eigenvalue weighted by atomic mass is 16.5. The summed E-state index contributed by atoms with van der Waals surface area (Å²) in [6.45, 7) is 4.74. The lowest BCUT2D eigenvalue weighted by molar-refractivity contribution is 0.0162. The molecule has 0 unspecified atom stereocenters. The first kappa shape index (κ1) is 22.4. The topological polar surface area (TPSA) is 63.3 Å². The van der Waals surface area contributed by atoms with Gasteiger partial charge in [-0.15, -0.1) is 0 Å². The van der Waals surface area contributed by atoms with Crippen LogP contribution in [0.25, 0.3) is 0 Å². The van der Waals surface area contributed by atoms with Crippen molar-refractivity contribution < 1.29 is 19.0 Å². The van der Waals surface area contributed by atoms with Crippen molar-refractivity contribution in [2.45, 2.75) is 18.9 Å². The van der Waals surface area contributed by atoms with E-state index in [0.717, 1.165) is 26.1 Å². The van der Waals surface area contributed by atoms with Crippen molar-refractivity contribution in [3.63, 3.8) is 0 Å². The Labute approximate surface area is 190 Å². The van der Waals surface area contributed by atoms with Crippen molar-refractivity contribution in [2.75, 3.05) is 65.6 Å². The average molecular weight is 440 g/mol. The van der Waals surface area contributed by atoms with Crippen LogP contribution in [-0.2, 0) is 11.2 Å². The van der Waals surface area contributed by atoms with Gasteiger partial charge in [-0.2, -0.15) is 0 Å². The van der Waals surface area contributed by atoms with E-state index in [2.05, 4.69) is 40.4 Å². The molecule has 0 aliphatic carbocycles. The van der Waals surface area contributed by atoms with E-state index in [-0.39, 0.29) is 11.9 Å². The van der Waals surface area contributed by atoms with Gasteiger partial charge in [0.15, 0.2) is 0 Å². The van der Waals surface area contributed by atoms with Crippen LogP contribution in [0.3, 0.4) is 0 Å². The molecule has 0 bridgehead atoms. The van der Waals surface area contributed by atoms with Crippen molar-refractivity contribution in [1.82, 2.24) is 10.2 Å². The Hall–Kier alpha value is -2.77. The summed E-state index contributed by atoms with van der Waals surface area (Å²) in [5.41, 5.74) is 4.44. The van der Waals surface area contributed by atoms with Crippen LogP contribution in [-0.4, -0.2) is 71.5 Å². The van der Waals surface area contributed by atoms with Gasteiger partial charge in [0.1, 0.15) is 11.5 Å². The molecule has 2 heterocycles. The van der Waals surface area contributed by atoms with Gasteiger partial charge in [0.25, 0.3) is 5.91 Å². The minimum atomic E-state index is -0.152. The van der Waals surface area contributed by atoms with Gasteiger partial charge in [-0.3, -0.25) is 9.69 Å². The van der Waals surface area contributed by atoms with Crippen LogP contribution in [0.1, 0.15) is 33.9 Å². The maximum Gasteiger partial charge on any atom is 0.255 e. The fourth-order valence-electron chi connectivity index (χ4n) is 4.63. The van der Waals surface area contributed by atoms with Crippen molar-refractivity contribution >= 4 is 11.6 Å². The summed E-state index contributed by atoms with van der Waals surface area (Å²) in [6, 6.07) is 12.1. The summed E-state index contributed by atoms with van der Waals surface area (Å²) in [5.74, 6) is 1.01. The molecule has 1 fully saturated rings. The van der Waals surface area contributed by atoms with E-state index in [1.807, 2.05) is 0 Å². The highest BCUT2D eigenvalue weighted by Gasteiger charge is 2.25. The number of ether oxygens (including phenoxy) is 3. The van der Waals surface area contributed by atoms with Gasteiger partial charge < -0.3 is 24.4 Å². The molecule has 0 radical (unpaired) electrons. The number of hydrogen-bond acceptors (Lipinski definition) is 6. The Morgan fingerprint density at radius 3 is 2.66 bits per heavy atom. The Morgan fingerprint density at radius 2 is 1.91 bits per heavy atom. The number of amides is 1. The molecule has 4 rings (SSSR count). The van der Waals surface area contributed by atoms with E-state index >= 15 is 0 Å². The summed E-state index contributed by atoms with van der Waals surface area (Å²) in [6.07, 6.45) is 2.27. The predicted octanol–water partition coefficient (Wildman–Crippen LogP) is 2.89. The number of carbonyl (C=O) groups excluding carboxylic acids is 1. The number of hydrogen-bond donors (Lipinski definition) is 1. The van der Waals surface area contributed by atoms with Crippen molar-refractivity contribution in [3.05, 3.63) is 53.1 Å². The molecule has 2 aromatic carbocycles. The molecule has 32 heavy (non-hydrogen) atoms. The van der Waals surface area contributed by atoms with Crippen LogP contribution < -0.4 is 19.7 Å². The first-order valence-corrected chi connectivity index (χ1v) is 11.3. The van der Waals surface area contributed by atoms with Gasteiger partial charge in [-0.1, -0.05) is 12.1 Å². The summed E-state index contributed by atoms with van der Waals surface area (Å²) in [7, 11) is 5.31. The van der Waals surface area contributed by atoms with E-state index in [1.165, 1.54) is 23.2 Å². The molecule has 1 atom stereocenters. The summed E-state index contributed by atoms with van der Waals surface area (Å²) in [4.78, 5) is 17.8. The summed E-state index contributed by atoms with van der Waals surface area (Å²) < 4.78 is 16.2. The van der Waals surface area contributed by atoms with E-state index < -0.39 is 0 Å². The largest absolute Gasteiger partial charge is 0.497 e. The smallest absolute Gasteiger partial charge is 0.255 e. The van der Waals surface area contributed by atoms with Crippen LogP contribution in [0.2, 0.25) is 0 Å². The number of rotatable bonds is 7. The SMILES string of the molecule is COc1ccc(C(=O)NC[C@H](c2ccc3c(c2)CCCN3C)N2CCOCC2)c(OC)c1. The number of aryl methyl sites for hydroxylation is 1. The normalized spacial score (nSPS) is 17.4. The molecule has 0 spiro atoms. The van der Waals surface area contributed by atoms with E-state index in [1.54, 1.807) is 32.4 Å². The van der Waals surface area contributed by atoms with Gasteiger partial charge >= 0.3 is 0 Å². The second-order valence-electron chi connectivity index (χ2n) is 8.35. The number of fused-ring (bicyclic) bond motifs is 1. The molecule has 0 saturated carbocycles. The second kappa shape index (κ2) is 10.2. The monoisotopic (exact) mass is 439 g/mol. The molecule has 2 aromatic rings. The lowest BCUT2D eigenvalue weighted by Gasteiger charge is -2.36. The average Bonchev–Trinajstić information content (AvgIpc) is 2.84. The van der Waals surface area contributed by atoms with E-state index in [4.69, 9.17) is 14.2 Å². The Bertz CT molecular complexity index is 943. The molecule has 172 valence electrons. The number of carbonyl (C=O) groups is 1. The molecule has 2 aliphatic heterocycles. The number of methoxy groups -OCH3 is 2. The second-order valence-corrected chi connectivity index (χ2v) is 8.35. The minimum Gasteiger partial charge on any atom is -0.497 e. The highest BCUT2D eigenvalue weighted by Crippen LogP contribution is 2.31. The Morgan fingerprint density at radius 1 is 1.09 bits per heavy atom. The maximum atomic E-state index is 13.0.